The molecule has 0 bridgehead atoms. The van der Waals surface area contributed by atoms with Gasteiger partial charge in [-0.3, -0.25) is 0 Å². The molecular formula is C15H17N5OS. The summed E-state index contributed by atoms with van der Waals surface area (Å²) in [5, 5.41) is 28.4. The summed E-state index contributed by atoms with van der Waals surface area (Å²) in [6.45, 7) is 0. The lowest BCUT2D eigenvalue weighted by Crippen LogP contribution is -2.36. The second-order valence-electron chi connectivity index (χ2n) is 5.59. The fraction of sp³-hybridized carbons (Fsp3) is 0.400. The number of fused-ring (bicyclic) bond motifs is 1. The predicted octanol–water partition coefficient (Wildman–Crippen LogP) is 2.57. The number of aliphatic hydroxyl groups excluding tert-OH is 1. The average molecular weight is 315 g/mol. The highest BCUT2D eigenvalue weighted by atomic mass is 32.1. The first-order valence-electron chi connectivity index (χ1n) is 7.52. The average Bonchev–Trinajstić information content (AvgIpc) is 3.18. The number of aliphatic hydroxyl groups is 1. The number of nitrogens with one attached hydrogen (secondary N) is 1. The van der Waals surface area contributed by atoms with E-state index in [1.54, 1.807) is 15.9 Å². The van der Waals surface area contributed by atoms with E-state index in [1.807, 2.05) is 29.6 Å². The second-order valence-corrected chi connectivity index (χ2v) is 6.54. The van der Waals surface area contributed by atoms with Crippen LogP contribution in [0.1, 0.15) is 25.7 Å². The maximum absolute atomic E-state index is 10.1. The Morgan fingerprint density at radius 1 is 1.18 bits per heavy atom. The van der Waals surface area contributed by atoms with Gasteiger partial charge in [-0.2, -0.15) is 4.52 Å². The number of nitrogens with zero attached hydrogens (tertiary/aromatic N) is 4. The number of hydrogen-bond acceptors (Lipinski definition) is 6. The van der Waals surface area contributed by atoms with Crippen molar-refractivity contribution in [1.29, 1.82) is 0 Å². The van der Waals surface area contributed by atoms with Crippen molar-refractivity contribution in [3.63, 3.8) is 0 Å². The zero-order chi connectivity index (χ0) is 14.9. The molecule has 3 heterocycles. The Morgan fingerprint density at radius 3 is 2.91 bits per heavy atom. The molecule has 114 valence electrons. The summed E-state index contributed by atoms with van der Waals surface area (Å²) in [6, 6.07) is 7.86. The van der Waals surface area contributed by atoms with Crippen LogP contribution in [-0.4, -0.2) is 37.1 Å². The van der Waals surface area contributed by atoms with Gasteiger partial charge in [0.2, 0.25) is 0 Å². The van der Waals surface area contributed by atoms with Crippen molar-refractivity contribution in [2.45, 2.75) is 37.8 Å². The van der Waals surface area contributed by atoms with Crippen LogP contribution in [0.4, 0.5) is 5.82 Å². The van der Waals surface area contributed by atoms with Crippen LogP contribution in [-0.2, 0) is 0 Å². The van der Waals surface area contributed by atoms with E-state index in [1.165, 1.54) is 0 Å². The van der Waals surface area contributed by atoms with Crippen LogP contribution in [0, 0.1) is 0 Å². The van der Waals surface area contributed by atoms with Gasteiger partial charge in [0, 0.05) is 0 Å². The first-order chi connectivity index (χ1) is 10.8. The zero-order valence-corrected chi connectivity index (χ0v) is 12.8. The molecule has 0 amide bonds. The Kier molecular flexibility index (Phi) is 3.51. The van der Waals surface area contributed by atoms with Gasteiger partial charge in [0.15, 0.2) is 11.5 Å². The zero-order valence-electron chi connectivity index (χ0n) is 12.0. The van der Waals surface area contributed by atoms with E-state index in [0.29, 0.717) is 0 Å². The summed E-state index contributed by atoms with van der Waals surface area (Å²) in [7, 11) is 0. The third-order valence-corrected chi connectivity index (χ3v) is 4.93. The fourth-order valence-corrected chi connectivity index (χ4v) is 3.59. The van der Waals surface area contributed by atoms with Crippen molar-refractivity contribution in [3.8, 4) is 10.7 Å². The monoisotopic (exact) mass is 315 g/mol. The van der Waals surface area contributed by atoms with Gasteiger partial charge < -0.3 is 10.4 Å². The van der Waals surface area contributed by atoms with Crippen LogP contribution in [0.15, 0.2) is 29.6 Å². The van der Waals surface area contributed by atoms with Crippen LogP contribution < -0.4 is 5.32 Å². The van der Waals surface area contributed by atoms with Crippen LogP contribution >= 0.6 is 11.3 Å². The van der Waals surface area contributed by atoms with Gasteiger partial charge in [-0.25, -0.2) is 0 Å². The fourth-order valence-electron chi connectivity index (χ4n) is 2.89. The van der Waals surface area contributed by atoms with Crippen molar-refractivity contribution in [2.24, 2.45) is 0 Å². The first-order valence-corrected chi connectivity index (χ1v) is 8.40. The van der Waals surface area contributed by atoms with Crippen LogP contribution in [0.5, 0.6) is 0 Å². The molecule has 6 nitrogen and oxygen atoms in total. The topological polar surface area (TPSA) is 75.3 Å². The highest BCUT2D eigenvalue weighted by molar-refractivity contribution is 7.13. The second kappa shape index (κ2) is 5.66. The molecule has 1 aliphatic rings. The minimum absolute atomic E-state index is 0.0698. The van der Waals surface area contributed by atoms with Gasteiger partial charge in [0.25, 0.3) is 0 Å². The lowest BCUT2D eigenvalue weighted by atomic mass is 9.93. The maximum atomic E-state index is 10.1. The van der Waals surface area contributed by atoms with Gasteiger partial charge in [-0.15, -0.1) is 26.6 Å². The molecule has 0 aliphatic heterocycles. The summed E-state index contributed by atoms with van der Waals surface area (Å²) in [4.78, 5) is 1.04. The largest absolute Gasteiger partial charge is 0.391 e. The number of hydrogen-bond donors (Lipinski definition) is 2. The van der Waals surface area contributed by atoms with Crippen molar-refractivity contribution >= 4 is 22.8 Å². The van der Waals surface area contributed by atoms with Crippen LogP contribution in [0.3, 0.4) is 0 Å². The van der Waals surface area contributed by atoms with E-state index in [0.717, 1.165) is 47.8 Å². The maximum Gasteiger partial charge on any atom is 0.195 e. The Bertz CT molecular complexity index is 769. The van der Waals surface area contributed by atoms with Gasteiger partial charge in [0.05, 0.1) is 17.0 Å². The summed E-state index contributed by atoms with van der Waals surface area (Å²) in [6.07, 6.45) is 3.77. The van der Waals surface area contributed by atoms with Gasteiger partial charge >= 0.3 is 0 Å². The molecule has 22 heavy (non-hydrogen) atoms. The smallest absolute Gasteiger partial charge is 0.195 e. The molecule has 0 spiro atoms. The molecule has 3 aromatic heterocycles. The lowest BCUT2D eigenvalue weighted by Gasteiger charge is -2.28. The number of anilines is 1. The van der Waals surface area contributed by atoms with E-state index >= 15 is 0 Å². The molecule has 2 atom stereocenters. The van der Waals surface area contributed by atoms with Crippen LogP contribution in [0.25, 0.3) is 16.3 Å². The Hall–Kier alpha value is -1.99. The number of thiophene rings is 1. The molecule has 0 aromatic carbocycles. The quantitative estimate of drug-likeness (QED) is 0.777. The SMILES string of the molecule is OC1CCCCC1Nc1ccc2nnc(-c3cccs3)n2n1. The van der Waals surface area contributed by atoms with E-state index < -0.39 is 0 Å². The van der Waals surface area contributed by atoms with E-state index in [-0.39, 0.29) is 12.1 Å². The molecule has 2 N–H and O–H groups in total. The van der Waals surface area contributed by atoms with Crippen molar-refractivity contribution < 1.29 is 5.11 Å². The Morgan fingerprint density at radius 2 is 2.09 bits per heavy atom. The minimum Gasteiger partial charge on any atom is -0.391 e. The third kappa shape index (κ3) is 2.46. The molecule has 1 fully saturated rings. The van der Waals surface area contributed by atoms with E-state index in [2.05, 4.69) is 20.6 Å². The third-order valence-electron chi connectivity index (χ3n) is 4.07. The van der Waals surface area contributed by atoms with Crippen molar-refractivity contribution in [3.05, 3.63) is 29.6 Å². The van der Waals surface area contributed by atoms with Gasteiger partial charge in [0.1, 0.15) is 5.82 Å². The molecule has 2 unspecified atom stereocenters. The van der Waals surface area contributed by atoms with E-state index in [4.69, 9.17) is 0 Å². The lowest BCUT2D eigenvalue weighted by molar-refractivity contribution is 0.116. The van der Waals surface area contributed by atoms with Crippen molar-refractivity contribution in [1.82, 2.24) is 19.8 Å². The highest BCUT2D eigenvalue weighted by Crippen LogP contribution is 2.24. The molecular weight excluding hydrogens is 298 g/mol. The molecule has 3 aromatic rings. The molecule has 7 heteroatoms. The normalized spacial score (nSPS) is 22.0. The molecule has 1 aliphatic carbocycles. The highest BCUT2D eigenvalue weighted by Gasteiger charge is 2.23. The first kappa shape index (κ1) is 13.7. The van der Waals surface area contributed by atoms with Crippen molar-refractivity contribution in [2.75, 3.05) is 5.32 Å². The predicted molar refractivity (Wildman–Crippen MR) is 86.0 cm³/mol. The number of rotatable bonds is 3. The van der Waals surface area contributed by atoms with Crippen LogP contribution in [0.2, 0.25) is 0 Å². The summed E-state index contributed by atoms with van der Waals surface area (Å²) in [5.41, 5.74) is 0.721. The Balaban J connectivity index is 1.66. The Labute approximate surface area is 131 Å². The minimum atomic E-state index is -0.302. The van der Waals surface area contributed by atoms with Gasteiger partial charge in [-0.1, -0.05) is 18.9 Å². The number of aromatic nitrogens is 4. The summed E-state index contributed by atoms with van der Waals surface area (Å²) < 4.78 is 1.75. The molecule has 4 rings (SSSR count). The molecule has 1 saturated carbocycles. The standard InChI is InChI=1S/C15H17N5OS/c21-11-5-2-1-4-10(11)16-13-7-8-14-17-18-15(20(14)19-13)12-6-3-9-22-12/h3,6-11,21H,1-2,4-5H2,(H,16,19). The van der Waals surface area contributed by atoms with E-state index in [9.17, 15) is 5.11 Å². The summed E-state index contributed by atoms with van der Waals surface area (Å²) >= 11 is 1.61. The summed E-state index contributed by atoms with van der Waals surface area (Å²) in [5.74, 6) is 1.49. The molecule has 0 saturated heterocycles. The van der Waals surface area contributed by atoms with Gasteiger partial charge in [-0.05, 0) is 36.4 Å². The molecule has 0 radical (unpaired) electrons.